The van der Waals surface area contributed by atoms with Crippen molar-refractivity contribution in [1.82, 2.24) is 19.4 Å². The Kier molecular flexibility index (Phi) is 15.8. The summed E-state index contributed by atoms with van der Waals surface area (Å²) in [5.41, 5.74) is 6.49. The molecule has 0 saturated heterocycles. The summed E-state index contributed by atoms with van der Waals surface area (Å²) in [4.78, 5) is 40.8. The summed E-state index contributed by atoms with van der Waals surface area (Å²) in [5, 5.41) is 2.61. The summed E-state index contributed by atoms with van der Waals surface area (Å²) in [7, 11) is -7.46. The van der Waals surface area contributed by atoms with Gasteiger partial charge in [0.2, 0.25) is 26.0 Å². The number of amides is 1. The number of carbonyl (C=O) groups is 3. The largest absolute Gasteiger partial charge is 0.399 e. The van der Waals surface area contributed by atoms with E-state index in [0.717, 1.165) is 4.88 Å². The van der Waals surface area contributed by atoms with Gasteiger partial charge in [-0.25, -0.2) is 36.2 Å². The van der Waals surface area contributed by atoms with Crippen molar-refractivity contribution >= 4 is 104 Å². The van der Waals surface area contributed by atoms with E-state index in [-0.39, 0.29) is 15.7 Å². The van der Waals surface area contributed by atoms with Gasteiger partial charge in [-0.15, -0.1) is 22.7 Å². The fourth-order valence-corrected chi connectivity index (χ4v) is 10.1. The third-order valence-electron chi connectivity index (χ3n) is 5.54. The highest BCUT2D eigenvalue weighted by atomic mass is 79.9. The number of rotatable bonds is 7. The topological polar surface area (TPSA) is 217 Å². The van der Waals surface area contributed by atoms with Gasteiger partial charge in [-0.3, -0.25) is 14.4 Å². The number of thiazole rings is 2. The Hall–Kier alpha value is -3.11. The Morgan fingerprint density at radius 3 is 1.44 bits per heavy atom. The van der Waals surface area contributed by atoms with Crippen LogP contribution in [0.3, 0.4) is 0 Å². The lowest BCUT2D eigenvalue weighted by Gasteiger charge is -2.22. The van der Waals surface area contributed by atoms with E-state index in [1.807, 2.05) is 0 Å². The van der Waals surface area contributed by atoms with Gasteiger partial charge < -0.3 is 15.8 Å². The number of nitrogens with zero attached hydrogens (tertiary/aromatic N) is 2. The number of aromatic nitrogens is 2. The number of hydrogen-bond acceptors (Lipinski definition) is 13. The van der Waals surface area contributed by atoms with Crippen molar-refractivity contribution in [2.45, 2.75) is 83.2 Å². The zero-order chi connectivity index (χ0) is 39.8. The number of hydrogen-bond donors (Lipinski definition) is 4. The normalized spacial score (nSPS) is 11.8. The first kappa shape index (κ1) is 45.0. The number of sulfonamides is 2. The SMILES string of the molecule is CC(=O)Nc1ccc(-c2cnc(Br)s2)c(S(=O)(=O)NC(C)(C)C)c1.CC(=O)OC(C)=O.CC(C)(C)NS(=O)(=O)c1cc(N)ccc1-c1cnc(Br)s1. The Morgan fingerprint density at radius 1 is 0.712 bits per heavy atom. The predicted molar refractivity (Wildman–Crippen MR) is 212 cm³/mol. The first-order valence-electron chi connectivity index (χ1n) is 15.0. The van der Waals surface area contributed by atoms with Crippen molar-refractivity contribution in [1.29, 1.82) is 0 Å². The van der Waals surface area contributed by atoms with E-state index in [1.54, 1.807) is 78.2 Å². The van der Waals surface area contributed by atoms with E-state index >= 15 is 0 Å². The van der Waals surface area contributed by atoms with Crippen LogP contribution in [0.4, 0.5) is 11.4 Å². The number of benzene rings is 2. The van der Waals surface area contributed by atoms with Gasteiger partial charge >= 0.3 is 11.9 Å². The van der Waals surface area contributed by atoms with E-state index < -0.39 is 43.1 Å². The van der Waals surface area contributed by atoms with Crippen molar-refractivity contribution in [3.63, 3.8) is 0 Å². The molecule has 0 aliphatic carbocycles. The molecule has 0 spiro atoms. The summed E-state index contributed by atoms with van der Waals surface area (Å²) in [6, 6.07) is 9.64. The van der Waals surface area contributed by atoms with Crippen molar-refractivity contribution < 1.29 is 36.0 Å². The monoisotopic (exact) mass is 922 g/mol. The minimum absolute atomic E-state index is 0.0971. The number of nitrogens with one attached hydrogen (secondary N) is 3. The molecule has 14 nitrogen and oxygen atoms in total. The predicted octanol–water partition coefficient (Wildman–Crippen LogP) is 6.94. The first-order chi connectivity index (χ1) is 23.7. The fraction of sp³-hybridized carbons (Fsp3) is 0.344. The summed E-state index contributed by atoms with van der Waals surface area (Å²) >= 11 is 9.27. The van der Waals surface area contributed by atoms with Gasteiger partial charge in [0.1, 0.15) is 0 Å². The summed E-state index contributed by atoms with van der Waals surface area (Å²) in [5.74, 6) is -1.39. The van der Waals surface area contributed by atoms with Gasteiger partial charge in [0.25, 0.3) is 0 Å². The Morgan fingerprint density at radius 2 is 1.12 bits per heavy atom. The molecule has 2 aromatic carbocycles. The van der Waals surface area contributed by atoms with Crippen LogP contribution >= 0.6 is 54.5 Å². The molecular formula is C32H40Br2N6O8S4. The van der Waals surface area contributed by atoms with Crippen molar-refractivity contribution in [3.05, 3.63) is 56.6 Å². The number of carbonyl (C=O) groups excluding carboxylic acids is 3. The van der Waals surface area contributed by atoms with Crippen molar-refractivity contribution in [2.24, 2.45) is 0 Å². The molecule has 20 heteroatoms. The van der Waals surface area contributed by atoms with E-state index in [9.17, 15) is 31.2 Å². The molecule has 0 saturated carbocycles. The van der Waals surface area contributed by atoms with Gasteiger partial charge in [-0.2, -0.15) is 0 Å². The number of nitrogens with two attached hydrogens (primary N) is 1. The minimum Gasteiger partial charge on any atom is -0.399 e. The summed E-state index contributed by atoms with van der Waals surface area (Å²) < 4.78 is 61.5. The second-order valence-electron chi connectivity index (χ2n) is 12.9. The van der Waals surface area contributed by atoms with E-state index in [2.05, 4.69) is 61.3 Å². The van der Waals surface area contributed by atoms with E-state index in [4.69, 9.17) is 5.73 Å². The Labute approximate surface area is 328 Å². The lowest BCUT2D eigenvalue weighted by atomic mass is 10.1. The van der Waals surface area contributed by atoms with Crippen molar-refractivity contribution in [2.75, 3.05) is 11.1 Å². The smallest absolute Gasteiger partial charge is 0.310 e. The van der Waals surface area contributed by atoms with Crippen LogP contribution in [-0.2, 0) is 39.2 Å². The maximum atomic E-state index is 12.8. The van der Waals surface area contributed by atoms with Gasteiger partial charge in [-0.1, -0.05) is 12.1 Å². The number of nitrogen functional groups attached to an aromatic ring is 1. The molecule has 0 fully saturated rings. The summed E-state index contributed by atoms with van der Waals surface area (Å²) in [6.45, 7) is 14.4. The fourth-order valence-electron chi connectivity index (χ4n) is 4.07. The van der Waals surface area contributed by atoms with Crippen LogP contribution in [0.5, 0.6) is 0 Å². The molecule has 284 valence electrons. The number of halogens is 2. The molecule has 0 atom stereocenters. The van der Waals surface area contributed by atoms with Crippen LogP contribution in [0.2, 0.25) is 0 Å². The third kappa shape index (κ3) is 15.1. The average Bonchev–Trinajstić information content (AvgIpc) is 3.58. The number of ether oxygens (including phenoxy) is 1. The highest BCUT2D eigenvalue weighted by Gasteiger charge is 2.27. The Bertz CT molecular complexity index is 2130. The van der Waals surface area contributed by atoms with E-state index in [0.29, 0.717) is 35.2 Å². The van der Waals surface area contributed by atoms with Crippen LogP contribution < -0.4 is 20.5 Å². The molecule has 1 amide bonds. The molecule has 0 bridgehead atoms. The van der Waals surface area contributed by atoms with Crippen molar-refractivity contribution in [3.8, 4) is 20.9 Å². The quantitative estimate of drug-likeness (QED) is 0.0846. The molecule has 2 heterocycles. The van der Waals surface area contributed by atoms with Gasteiger partial charge in [0, 0.05) is 66.7 Å². The lowest BCUT2D eigenvalue weighted by Crippen LogP contribution is -2.40. The van der Waals surface area contributed by atoms with Crippen LogP contribution in [0.25, 0.3) is 20.9 Å². The molecule has 0 aliphatic rings. The van der Waals surface area contributed by atoms with Crippen LogP contribution in [0.1, 0.15) is 62.3 Å². The molecule has 2 aromatic heterocycles. The molecule has 4 aromatic rings. The molecule has 4 rings (SSSR count). The minimum atomic E-state index is -3.78. The molecule has 0 unspecified atom stereocenters. The molecular weight excluding hydrogens is 884 g/mol. The van der Waals surface area contributed by atoms with Crippen LogP contribution in [0.15, 0.2) is 66.4 Å². The highest BCUT2D eigenvalue weighted by molar-refractivity contribution is 9.11. The number of esters is 2. The summed E-state index contributed by atoms with van der Waals surface area (Å²) in [6.07, 6.45) is 3.24. The number of anilines is 2. The van der Waals surface area contributed by atoms with Crippen LogP contribution in [0, 0.1) is 0 Å². The zero-order valence-electron chi connectivity index (χ0n) is 29.7. The molecule has 5 N–H and O–H groups in total. The van der Waals surface area contributed by atoms with Crippen LogP contribution in [-0.4, -0.2) is 55.7 Å². The Balaban J connectivity index is 0.000000307. The second kappa shape index (κ2) is 18.3. The van der Waals surface area contributed by atoms with Gasteiger partial charge in [-0.05, 0) is 97.7 Å². The zero-order valence-corrected chi connectivity index (χ0v) is 36.2. The molecule has 52 heavy (non-hydrogen) atoms. The molecule has 0 aliphatic heterocycles. The third-order valence-corrected chi connectivity index (χ3v) is 12.2. The first-order valence-corrected chi connectivity index (χ1v) is 21.2. The van der Waals surface area contributed by atoms with E-state index in [1.165, 1.54) is 55.6 Å². The maximum Gasteiger partial charge on any atom is 0.310 e. The average molecular weight is 925 g/mol. The maximum absolute atomic E-state index is 12.8. The second-order valence-corrected chi connectivity index (χ2v) is 20.8. The molecule has 0 radical (unpaired) electrons. The van der Waals surface area contributed by atoms with Gasteiger partial charge in [0.05, 0.1) is 19.5 Å². The highest BCUT2D eigenvalue weighted by Crippen LogP contribution is 2.36. The van der Waals surface area contributed by atoms with Gasteiger partial charge in [0.15, 0.2) is 7.83 Å². The lowest BCUT2D eigenvalue weighted by molar-refractivity contribution is -0.156. The standard InChI is InChI=1S/C15H18BrN3O3S2.C13H16BrN3O2S2.C4H6O3/c1-9(20)18-10-5-6-11(12-8-17-14(16)23-12)13(7-10)24(21,22)19-15(2,3)4;1-13(2,3)17-21(18,19)11-6-8(15)4-5-9(11)10-7-16-12(14)20-10;1-3(5)7-4(2)6/h5-8,19H,1-4H3,(H,18,20);4-7,17H,15H2,1-3H3;1-2H3.